The standard InChI is InChI=1S/C23H30N6O3.2C2H2O4/c1-28-22(6-10-26-28)27-23(31)14-25-16-7-11-29(12-8-16)15-21(30)18-5-9-24-20-4-3-17(32-2)13-19(18)20;2*3-1(4)2(5)6/h3-6,9-10,13,16,21,25,30H,7-8,11-12,14-15H2,1-2H3,(H,27,31);2*(H,3,4)(H,5,6)/t21-;;/m0../s1. The van der Waals surface area contributed by atoms with E-state index in [4.69, 9.17) is 44.3 Å². The first-order valence-electron chi connectivity index (χ1n) is 13.1. The average molecular weight is 619 g/mol. The Hall–Kier alpha value is -5.13. The van der Waals surface area contributed by atoms with Crippen molar-refractivity contribution in [2.75, 3.05) is 38.6 Å². The van der Waals surface area contributed by atoms with Gasteiger partial charge in [0.1, 0.15) is 11.6 Å². The van der Waals surface area contributed by atoms with Gasteiger partial charge in [0.25, 0.3) is 0 Å². The first-order chi connectivity index (χ1) is 20.8. The van der Waals surface area contributed by atoms with Gasteiger partial charge in [0, 0.05) is 37.3 Å². The van der Waals surface area contributed by atoms with E-state index < -0.39 is 30.0 Å². The summed E-state index contributed by atoms with van der Waals surface area (Å²) in [7, 11) is 3.42. The normalized spacial score (nSPS) is 13.8. The molecule has 17 heteroatoms. The van der Waals surface area contributed by atoms with Gasteiger partial charge < -0.3 is 45.8 Å². The number of piperidine rings is 1. The number of β-amino-alcohol motifs (C(OH)–C–C–N with tert-alkyl or cyclic N) is 1. The molecule has 0 spiro atoms. The molecule has 3 aromatic rings. The Morgan fingerprint density at radius 3 is 2.09 bits per heavy atom. The van der Waals surface area contributed by atoms with Crippen molar-refractivity contribution in [2.45, 2.75) is 25.0 Å². The number of nitrogens with one attached hydrogen (secondary N) is 2. The molecule has 3 heterocycles. The van der Waals surface area contributed by atoms with Crippen molar-refractivity contribution >= 4 is 46.5 Å². The molecule has 17 nitrogen and oxygen atoms in total. The molecule has 1 amide bonds. The number of carboxylic acids is 4. The second-order valence-electron chi connectivity index (χ2n) is 9.36. The molecule has 1 atom stereocenters. The molecule has 44 heavy (non-hydrogen) atoms. The van der Waals surface area contributed by atoms with E-state index in [1.807, 2.05) is 24.3 Å². The summed E-state index contributed by atoms with van der Waals surface area (Å²) in [6.07, 6.45) is 4.63. The van der Waals surface area contributed by atoms with Crippen LogP contribution in [0.1, 0.15) is 24.5 Å². The molecule has 4 rings (SSSR count). The van der Waals surface area contributed by atoms with Gasteiger partial charge in [-0.25, -0.2) is 19.2 Å². The van der Waals surface area contributed by atoms with E-state index in [2.05, 4.69) is 25.6 Å². The van der Waals surface area contributed by atoms with Crippen molar-refractivity contribution in [3.63, 3.8) is 0 Å². The number of pyridine rings is 1. The fourth-order valence-electron chi connectivity index (χ4n) is 4.15. The number of hydrogen-bond acceptors (Lipinski definition) is 11. The predicted octanol–water partition coefficient (Wildman–Crippen LogP) is 0.0142. The van der Waals surface area contributed by atoms with E-state index >= 15 is 0 Å². The molecule has 1 saturated heterocycles. The van der Waals surface area contributed by atoms with Gasteiger partial charge in [0.15, 0.2) is 0 Å². The number of carbonyl (C=O) groups is 5. The summed E-state index contributed by atoms with van der Waals surface area (Å²) in [5.74, 6) is -5.94. The Morgan fingerprint density at radius 2 is 1.57 bits per heavy atom. The second-order valence-corrected chi connectivity index (χ2v) is 9.36. The van der Waals surface area contributed by atoms with Crippen molar-refractivity contribution < 1.29 is 54.2 Å². The average Bonchev–Trinajstić information content (AvgIpc) is 3.40. The van der Waals surface area contributed by atoms with Crippen LogP contribution in [0.3, 0.4) is 0 Å². The smallest absolute Gasteiger partial charge is 0.414 e. The van der Waals surface area contributed by atoms with Crippen LogP contribution in [-0.4, -0.2) is 114 Å². The summed E-state index contributed by atoms with van der Waals surface area (Å²) in [5.41, 5.74) is 1.70. The zero-order valence-corrected chi connectivity index (χ0v) is 23.9. The number of hydrogen-bond donors (Lipinski definition) is 7. The molecule has 1 aromatic carbocycles. The first-order valence-corrected chi connectivity index (χ1v) is 13.1. The summed E-state index contributed by atoms with van der Waals surface area (Å²) in [5, 5.41) is 51.6. The van der Waals surface area contributed by atoms with Gasteiger partial charge in [0.2, 0.25) is 5.91 Å². The Labute approximate surface area is 250 Å². The van der Waals surface area contributed by atoms with Crippen LogP contribution in [0, 0.1) is 0 Å². The lowest BCUT2D eigenvalue weighted by molar-refractivity contribution is -0.159. The minimum absolute atomic E-state index is 0.0774. The summed E-state index contributed by atoms with van der Waals surface area (Å²) in [4.78, 5) is 55.2. The molecule has 0 bridgehead atoms. The second kappa shape index (κ2) is 17.1. The predicted molar refractivity (Wildman–Crippen MR) is 153 cm³/mol. The van der Waals surface area contributed by atoms with E-state index in [9.17, 15) is 9.90 Å². The number of likely N-dealkylation sites (tertiary alicyclic amines) is 1. The number of aromatic nitrogens is 3. The van der Waals surface area contributed by atoms with Crippen LogP contribution >= 0.6 is 0 Å². The Morgan fingerprint density at radius 1 is 0.955 bits per heavy atom. The highest BCUT2D eigenvalue weighted by atomic mass is 16.5. The number of fused-ring (bicyclic) bond motifs is 1. The fraction of sp³-hybridized carbons (Fsp3) is 0.370. The van der Waals surface area contributed by atoms with E-state index in [1.54, 1.807) is 37.3 Å². The number of aliphatic hydroxyl groups excluding tert-OH is 1. The van der Waals surface area contributed by atoms with Crippen LogP contribution in [0.5, 0.6) is 5.75 Å². The largest absolute Gasteiger partial charge is 0.497 e. The molecule has 2 aromatic heterocycles. The molecular formula is C27H34N6O11. The molecule has 7 N–H and O–H groups in total. The molecule has 0 unspecified atom stereocenters. The molecule has 0 saturated carbocycles. The maximum absolute atomic E-state index is 12.2. The number of rotatable bonds is 8. The van der Waals surface area contributed by atoms with Gasteiger partial charge in [-0.2, -0.15) is 5.10 Å². The SMILES string of the molecule is COc1ccc2nccc([C@@H](O)CN3CCC(NCC(=O)Nc4ccnn4C)CC3)c2c1.O=C(O)C(=O)O.O=C(O)C(=O)O. The third kappa shape index (κ3) is 11.3. The third-order valence-corrected chi connectivity index (χ3v) is 6.37. The quantitative estimate of drug-likeness (QED) is 0.164. The number of methoxy groups -OCH3 is 1. The van der Waals surface area contributed by atoms with Gasteiger partial charge in [-0.1, -0.05) is 0 Å². The number of benzene rings is 1. The molecule has 0 aliphatic carbocycles. The third-order valence-electron chi connectivity index (χ3n) is 6.37. The molecular weight excluding hydrogens is 584 g/mol. The van der Waals surface area contributed by atoms with E-state index in [1.165, 1.54) is 0 Å². The van der Waals surface area contributed by atoms with Crippen LogP contribution in [-0.2, 0) is 31.0 Å². The minimum atomic E-state index is -1.82. The molecule has 1 aliphatic rings. The van der Waals surface area contributed by atoms with Gasteiger partial charge in [0.05, 0.1) is 31.5 Å². The first kappa shape index (κ1) is 35.1. The highest BCUT2D eigenvalue weighted by Crippen LogP contribution is 2.27. The summed E-state index contributed by atoms with van der Waals surface area (Å²) >= 11 is 0. The van der Waals surface area contributed by atoms with Crippen molar-refractivity contribution in [3.8, 4) is 5.75 Å². The number of aryl methyl sites for hydroxylation is 1. The van der Waals surface area contributed by atoms with Crippen LogP contribution < -0.4 is 15.4 Å². The van der Waals surface area contributed by atoms with E-state index in [-0.39, 0.29) is 18.5 Å². The molecule has 0 radical (unpaired) electrons. The number of aliphatic hydroxyl groups is 1. The monoisotopic (exact) mass is 618 g/mol. The van der Waals surface area contributed by atoms with Gasteiger partial charge in [-0.15, -0.1) is 0 Å². The zero-order valence-electron chi connectivity index (χ0n) is 23.9. The van der Waals surface area contributed by atoms with Crippen LogP contribution in [0.2, 0.25) is 0 Å². The van der Waals surface area contributed by atoms with E-state index in [0.29, 0.717) is 12.4 Å². The number of carboxylic acid groups (broad SMARTS) is 4. The number of nitrogens with zero attached hydrogens (tertiary/aromatic N) is 4. The van der Waals surface area contributed by atoms with Gasteiger partial charge >= 0.3 is 23.9 Å². The summed E-state index contributed by atoms with van der Waals surface area (Å²) < 4.78 is 6.96. The molecule has 238 valence electrons. The highest BCUT2D eigenvalue weighted by Gasteiger charge is 2.23. The topological polar surface area (TPSA) is 254 Å². The lowest BCUT2D eigenvalue weighted by Gasteiger charge is -2.33. The van der Waals surface area contributed by atoms with Crippen molar-refractivity contribution in [1.29, 1.82) is 0 Å². The van der Waals surface area contributed by atoms with Crippen molar-refractivity contribution in [2.24, 2.45) is 7.05 Å². The van der Waals surface area contributed by atoms with Crippen molar-refractivity contribution in [3.05, 3.63) is 48.3 Å². The molecule has 1 aliphatic heterocycles. The van der Waals surface area contributed by atoms with E-state index in [0.717, 1.165) is 48.1 Å². The van der Waals surface area contributed by atoms with Gasteiger partial charge in [-0.3, -0.25) is 14.5 Å². The Balaban J connectivity index is 0.000000477. The Kier molecular flexibility index (Phi) is 13.6. The Bertz CT molecular complexity index is 1410. The number of anilines is 1. The maximum atomic E-state index is 12.2. The minimum Gasteiger partial charge on any atom is -0.497 e. The van der Waals surface area contributed by atoms with Crippen molar-refractivity contribution in [1.82, 2.24) is 25.0 Å². The molecule has 1 fully saturated rings. The lowest BCUT2D eigenvalue weighted by Crippen LogP contribution is -2.45. The highest BCUT2D eigenvalue weighted by molar-refractivity contribution is 6.27. The maximum Gasteiger partial charge on any atom is 0.414 e. The lowest BCUT2D eigenvalue weighted by atomic mass is 10.0. The van der Waals surface area contributed by atoms with Crippen LogP contribution in [0.25, 0.3) is 10.9 Å². The fourth-order valence-corrected chi connectivity index (χ4v) is 4.15. The van der Waals surface area contributed by atoms with Gasteiger partial charge in [-0.05, 0) is 55.8 Å². The van der Waals surface area contributed by atoms with Crippen LogP contribution in [0.4, 0.5) is 5.82 Å². The van der Waals surface area contributed by atoms with Crippen LogP contribution in [0.15, 0.2) is 42.7 Å². The number of aliphatic carboxylic acids is 4. The number of carbonyl (C=O) groups excluding carboxylic acids is 1. The zero-order chi connectivity index (χ0) is 32.8. The number of amides is 1. The number of ether oxygens (including phenoxy) is 1. The summed E-state index contributed by atoms with van der Waals surface area (Å²) in [6.45, 7) is 2.56. The summed E-state index contributed by atoms with van der Waals surface area (Å²) in [6, 6.07) is 9.64.